The number of aromatic hydroxyl groups is 1. The molecule has 1 N–H and O–H groups in total. The van der Waals surface area contributed by atoms with Crippen molar-refractivity contribution in [3.05, 3.63) is 48.2 Å². The number of hydrogen-bond donors (Lipinski definition) is 1. The number of carbonyl (C=O) groups is 1. The Kier molecular flexibility index (Phi) is 2.91. The summed E-state index contributed by atoms with van der Waals surface area (Å²) < 4.78 is 10.6. The lowest BCUT2D eigenvalue weighted by Gasteiger charge is -2.03. The van der Waals surface area contributed by atoms with Crippen LogP contribution in [0.3, 0.4) is 0 Å². The van der Waals surface area contributed by atoms with E-state index in [2.05, 4.69) is 0 Å². The van der Waals surface area contributed by atoms with E-state index >= 15 is 0 Å². The van der Waals surface area contributed by atoms with Gasteiger partial charge in [-0.05, 0) is 11.6 Å². The van der Waals surface area contributed by atoms with Crippen LogP contribution in [-0.4, -0.2) is 18.5 Å². The fourth-order valence-corrected chi connectivity index (χ4v) is 2.28. The molecule has 4 heteroatoms. The highest BCUT2D eigenvalue weighted by Crippen LogP contribution is 2.39. The average molecular weight is 268 g/mol. The molecule has 4 nitrogen and oxygen atoms in total. The normalized spacial score (nSPS) is 10.7. The molecule has 0 aliphatic carbocycles. The predicted molar refractivity (Wildman–Crippen MR) is 75.3 cm³/mol. The monoisotopic (exact) mass is 268 g/mol. The van der Waals surface area contributed by atoms with Gasteiger partial charge in [0.15, 0.2) is 23.5 Å². The summed E-state index contributed by atoms with van der Waals surface area (Å²) in [6.45, 7) is 0. The third-order valence-electron chi connectivity index (χ3n) is 3.19. The highest BCUT2D eigenvalue weighted by molar-refractivity contribution is 6.03. The quantitative estimate of drug-likeness (QED) is 0.737. The maximum absolute atomic E-state index is 11.2. The molecule has 1 heterocycles. The summed E-state index contributed by atoms with van der Waals surface area (Å²) >= 11 is 0. The molecule has 3 aromatic rings. The van der Waals surface area contributed by atoms with Crippen LogP contribution < -0.4 is 4.74 Å². The highest BCUT2D eigenvalue weighted by Gasteiger charge is 2.17. The highest BCUT2D eigenvalue weighted by atomic mass is 16.5. The molecule has 20 heavy (non-hydrogen) atoms. The molecule has 1 aromatic heterocycles. The molecule has 100 valence electrons. The number of fused-ring (bicyclic) bond motifs is 1. The third kappa shape index (κ3) is 1.82. The summed E-state index contributed by atoms with van der Waals surface area (Å²) in [6, 6.07) is 12.6. The van der Waals surface area contributed by atoms with Gasteiger partial charge in [0, 0.05) is 17.0 Å². The number of ether oxygens (including phenoxy) is 1. The number of rotatable bonds is 3. The molecule has 0 unspecified atom stereocenters. The Labute approximate surface area is 115 Å². The second-order valence-electron chi connectivity index (χ2n) is 4.35. The van der Waals surface area contributed by atoms with Crippen molar-refractivity contribution in [2.45, 2.75) is 0 Å². The van der Waals surface area contributed by atoms with Crippen LogP contribution in [0.5, 0.6) is 11.5 Å². The van der Waals surface area contributed by atoms with Crippen molar-refractivity contribution in [2.24, 2.45) is 0 Å². The molecular formula is C16H12O4. The molecule has 0 amide bonds. The molecule has 3 rings (SSSR count). The van der Waals surface area contributed by atoms with E-state index in [4.69, 9.17) is 9.15 Å². The minimum absolute atomic E-state index is 0.00966. The zero-order valence-electron chi connectivity index (χ0n) is 10.8. The van der Waals surface area contributed by atoms with Crippen LogP contribution >= 0.6 is 0 Å². The van der Waals surface area contributed by atoms with Gasteiger partial charge in [-0.3, -0.25) is 4.79 Å². The second-order valence-corrected chi connectivity index (χ2v) is 4.35. The largest absolute Gasteiger partial charge is 0.504 e. The Bertz CT molecular complexity index is 772. The van der Waals surface area contributed by atoms with Crippen LogP contribution in [0.15, 0.2) is 46.9 Å². The summed E-state index contributed by atoms with van der Waals surface area (Å²) in [7, 11) is 1.46. The summed E-state index contributed by atoms with van der Waals surface area (Å²) in [5.41, 5.74) is 2.03. The van der Waals surface area contributed by atoms with Gasteiger partial charge in [0.1, 0.15) is 5.58 Å². The molecule has 0 spiro atoms. The first kappa shape index (κ1) is 12.3. The summed E-state index contributed by atoms with van der Waals surface area (Å²) in [5, 5.41) is 10.6. The molecule has 0 aliphatic heterocycles. The van der Waals surface area contributed by atoms with Crippen LogP contribution in [0, 0.1) is 0 Å². The van der Waals surface area contributed by atoms with E-state index in [0.29, 0.717) is 28.6 Å². The first-order valence-electron chi connectivity index (χ1n) is 6.08. The molecular weight excluding hydrogens is 256 g/mol. The zero-order valence-corrected chi connectivity index (χ0v) is 10.8. The fourth-order valence-electron chi connectivity index (χ4n) is 2.28. The lowest BCUT2D eigenvalue weighted by Crippen LogP contribution is -1.84. The number of phenols is 1. The Hall–Kier alpha value is -2.75. The van der Waals surface area contributed by atoms with Gasteiger partial charge in [0.2, 0.25) is 0 Å². The van der Waals surface area contributed by atoms with Gasteiger partial charge in [-0.1, -0.05) is 30.3 Å². The van der Waals surface area contributed by atoms with Crippen molar-refractivity contribution in [2.75, 3.05) is 7.11 Å². The maximum atomic E-state index is 11.2. The summed E-state index contributed by atoms with van der Waals surface area (Å²) in [4.78, 5) is 11.2. The smallest absolute Gasteiger partial charge is 0.186 e. The first-order valence-corrected chi connectivity index (χ1v) is 6.08. The van der Waals surface area contributed by atoms with E-state index < -0.39 is 0 Å². The fraction of sp³-hybridized carbons (Fsp3) is 0.0625. The molecule has 0 atom stereocenters. The van der Waals surface area contributed by atoms with Gasteiger partial charge >= 0.3 is 0 Å². The van der Waals surface area contributed by atoms with Crippen molar-refractivity contribution in [3.8, 4) is 22.6 Å². The van der Waals surface area contributed by atoms with Crippen molar-refractivity contribution < 1.29 is 19.1 Å². The predicted octanol–water partition coefficient (Wildman–Crippen LogP) is 3.63. The van der Waals surface area contributed by atoms with Crippen molar-refractivity contribution >= 4 is 17.3 Å². The minimum Gasteiger partial charge on any atom is -0.504 e. The maximum Gasteiger partial charge on any atom is 0.186 e. The van der Waals surface area contributed by atoms with E-state index in [1.807, 2.05) is 30.3 Å². The first-order chi connectivity index (χ1) is 9.74. The van der Waals surface area contributed by atoms with Gasteiger partial charge in [-0.25, -0.2) is 0 Å². The number of aldehydes is 1. The number of phenolic OH excluding ortho intramolecular Hbond substituents is 1. The van der Waals surface area contributed by atoms with Gasteiger partial charge in [-0.15, -0.1) is 0 Å². The number of carbonyl (C=O) groups excluding carboxylic acids is 1. The lowest BCUT2D eigenvalue weighted by atomic mass is 10.0. The van der Waals surface area contributed by atoms with Crippen LogP contribution in [0.2, 0.25) is 0 Å². The molecule has 0 aliphatic rings. The van der Waals surface area contributed by atoms with Crippen LogP contribution in [0.1, 0.15) is 10.6 Å². The van der Waals surface area contributed by atoms with Crippen LogP contribution in [0.4, 0.5) is 0 Å². The Morgan fingerprint density at radius 3 is 2.60 bits per heavy atom. The van der Waals surface area contributed by atoms with E-state index in [1.54, 1.807) is 12.1 Å². The topological polar surface area (TPSA) is 59.7 Å². The molecule has 0 saturated carbocycles. The van der Waals surface area contributed by atoms with Gasteiger partial charge in [0.25, 0.3) is 0 Å². The molecule has 0 saturated heterocycles. The second kappa shape index (κ2) is 4.74. The Morgan fingerprint density at radius 1 is 1.20 bits per heavy atom. The van der Waals surface area contributed by atoms with E-state index in [0.717, 1.165) is 5.56 Å². The molecule has 2 aromatic carbocycles. The SMILES string of the molecule is COc1cc2oc(C=O)c(-c3ccccc3)c2cc1O. The Morgan fingerprint density at radius 2 is 1.95 bits per heavy atom. The van der Waals surface area contributed by atoms with Crippen molar-refractivity contribution in [1.82, 2.24) is 0 Å². The number of methoxy groups -OCH3 is 1. The lowest BCUT2D eigenvalue weighted by molar-refractivity contribution is 0.110. The molecule has 0 radical (unpaired) electrons. The number of benzene rings is 2. The van der Waals surface area contributed by atoms with E-state index in [9.17, 15) is 9.90 Å². The zero-order chi connectivity index (χ0) is 14.1. The van der Waals surface area contributed by atoms with Crippen molar-refractivity contribution in [3.63, 3.8) is 0 Å². The minimum atomic E-state index is 0.00966. The van der Waals surface area contributed by atoms with Crippen LogP contribution in [-0.2, 0) is 0 Å². The number of hydrogen-bond acceptors (Lipinski definition) is 4. The van der Waals surface area contributed by atoms with Crippen molar-refractivity contribution in [1.29, 1.82) is 0 Å². The van der Waals surface area contributed by atoms with Gasteiger partial charge in [0.05, 0.1) is 7.11 Å². The van der Waals surface area contributed by atoms with E-state index in [-0.39, 0.29) is 11.5 Å². The summed E-state index contributed by atoms with van der Waals surface area (Å²) in [5.74, 6) is 0.553. The summed E-state index contributed by atoms with van der Waals surface area (Å²) in [6.07, 6.45) is 0.672. The number of furan rings is 1. The standard InChI is InChI=1S/C16H12O4/c1-19-14-8-13-11(7-12(14)18)16(15(9-17)20-13)10-5-3-2-4-6-10/h2-9,18H,1H3. The molecule has 0 fully saturated rings. The molecule has 0 bridgehead atoms. The van der Waals surface area contributed by atoms with Gasteiger partial charge in [-0.2, -0.15) is 0 Å². The van der Waals surface area contributed by atoms with Crippen LogP contribution in [0.25, 0.3) is 22.1 Å². The third-order valence-corrected chi connectivity index (χ3v) is 3.19. The Balaban J connectivity index is 2.35. The van der Waals surface area contributed by atoms with E-state index in [1.165, 1.54) is 7.11 Å². The average Bonchev–Trinajstić information content (AvgIpc) is 2.84. The van der Waals surface area contributed by atoms with Gasteiger partial charge < -0.3 is 14.3 Å².